The molecule has 6 heteroatoms. The Hall–Kier alpha value is -2.34. The quantitative estimate of drug-likeness (QED) is 0.877. The van der Waals surface area contributed by atoms with Crippen molar-refractivity contribution < 1.29 is 9.13 Å². The van der Waals surface area contributed by atoms with Crippen molar-refractivity contribution in [1.29, 1.82) is 0 Å². The molecular formula is C22H28FN3O2. The van der Waals surface area contributed by atoms with E-state index in [1.165, 1.54) is 18.4 Å². The van der Waals surface area contributed by atoms with Crippen molar-refractivity contribution in [2.24, 2.45) is 0 Å². The highest BCUT2D eigenvalue weighted by atomic mass is 19.1. The van der Waals surface area contributed by atoms with E-state index in [0.29, 0.717) is 38.0 Å². The van der Waals surface area contributed by atoms with Gasteiger partial charge in [-0.25, -0.2) is 0 Å². The summed E-state index contributed by atoms with van der Waals surface area (Å²) in [5.74, 6) is 0.0378. The molecule has 2 fully saturated rings. The molecule has 0 unspecified atom stereocenters. The molecule has 0 radical (unpaired) electrons. The van der Waals surface area contributed by atoms with Crippen LogP contribution >= 0.6 is 0 Å². The zero-order chi connectivity index (χ0) is 19.3. The molecule has 28 heavy (non-hydrogen) atoms. The van der Waals surface area contributed by atoms with Crippen molar-refractivity contribution in [3.8, 4) is 0 Å². The van der Waals surface area contributed by atoms with Crippen molar-refractivity contribution in [2.45, 2.75) is 38.1 Å². The van der Waals surface area contributed by atoms with E-state index in [0.717, 1.165) is 31.6 Å². The molecule has 0 bridgehead atoms. The van der Waals surface area contributed by atoms with Crippen molar-refractivity contribution in [3.63, 3.8) is 0 Å². The van der Waals surface area contributed by atoms with E-state index < -0.39 is 11.4 Å². The van der Waals surface area contributed by atoms with Crippen LogP contribution in [0, 0.1) is 5.82 Å². The molecule has 0 saturated carbocycles. The van der Waals surface area contributed by atoms with Crippen molar-refractivity contribution in [3.05, 3.63) is 58.1 Å². The molecular weight excluding hydrogens is 357 g/mol. The van der Waals surface area contributed by atoms with Crippen molar-refractivity contribution in [1.82, 2.24) is 4.98 Å². The van der Waals surface area contributed by atoms with Crippen molar-refractivity contribution >= 4 is 11.5 Å². The van der Waals surface area contributed by atoms with Crippen LogP contribution in [0.1, 0.15) is 31.2 Å². The average Bonchev–Trinajstić information content (AvgIpc) is 2.97. The van der Waals surface area contributed by atoms with Crippen LogP contribution < -0.4 is 15.4 Å². The van der Waals surface area contributed by atoms with E-state index >= 15 is 0 Å². The third-order valence-corrected chi connectivity index (χ3v) is 5.79. The highest BCUT2D eigenvalue weighted by Gasteiger charge is 2.25. The summed E-state index contributed by atoms with van der Waals surface area (Å²) in [6.45, 7) is 3.20. The predicted molar refractivity (Wildman–Crippen MR) is 110 cm³/mol. The number of aromatic nitrogens is 1. The third kappa shape index (κ3) is 4.22. The normalized spacial score (nSPS) is 20.8. The van der Waals surface area contributed by atoms with Crippen LogP contribution in [0.4, 0.5) is 15.9 Å². The first-order chi connectivity index (χ1) is 13.7. The lowest BCUT2D eigenvalue weighted by atomic mass is 10.0. The molecule has 2 saturated heterocycles. The molecule has 1 aromatic carbocycles. The third-order valence-electron chi connectivity index (χ3n) is 5.79. The van der Waals surface area contributed by atoms with Crippen LogP contribution in [0.2, 0.25) is 0 Å². The molecule has 1 atom stereocenters. The minimum absolute atomic E-state index is 0.295. The van der Waals surface area contributed by atoms with Gasteiger partial charge in [0.15, 0.2) is 0 Å². The average molecular weight is 385 g/mol. The Morgan fingerprint density at radius 3 is 2.64 bits per heavy atom. The summed E-state index contributed by atoms with van der Waals surface area (Å²) >= 11 is 0. The van der Waals surface area contributed by atoms with Gasteiger partial charge in [-0.3, -0.25) is 4.79 Å². The van der Waals surface area contributed by atoms with Gasteiger partial charge in [0.25, 0.3) is 5.56 Å². The maximum Gasteiger partial charge on any atom is 0.287 e. The molecule has 1 N–H and O–H groups in total. The number of H-pyrrole nitrogens is 1. The highest BCUT2D eigenvalue weighted by Crippen LogP contribution is 2.28. The second-order valence-electron chi connectivity index (χ2n) is 7.67. The molecule has 150 valence electrons. The van der Waals surface area contributed by atoms with E-state index in [1.807, 2.05) is 17.0 Å². The summed E-state index contributed by atoms with van der Waals surface area (Å²) < 4.78 is 20.0. The lowest BCUT2D eigenvalue weighted by Gasteiger charge is -2.34. The number of aromatic amines is 1. The second-order valence-corrected chi connectivity index (χ2v) is 7.67. The Morgan fingerprint density at radius 2 is 1.86 bits per heavy atom. The molecule has 0 aliphatic carbocycles. The fourth-order valence-electron chi connectivity index (χ4n) is 4.30. The number of ether oxygens (including phenoxy) is 1. The van der Waals surface area contributed by atoms with E-state index in [4.69, 9.17) is 4.74 Å². The number of benzene rings is 1. The standard InChI is InChI=1S/C22H28FN3O2/c23-21-19(25-11-13-28-14-12-25)16-20(24-22(21)27)26-10-6-2-5-9-18(26)15-17-7-3-1-4-8-17/h1,3-4,7-8,16,18H,2,5-6,9-15H2,(H,24,27)/t18-/m1/s1. The first-order valence-electron chi connectivity index (χ1n) is 10.3. The zero-order valence-corrected chi connectivity index (χ0v) is 16.2. The van der Waals surface area contributed by atoms with Gasteiger partial charge in [0, 0.05) is 31.7 Å². The number of nitrogens with one attached hydrogen (secondary N) is 1. The second kappa shape index (κ2) is 8.78. The number of hydrogen-bond donors (Lipinski definition) is 1. The summed E-state index contributed by atoms with van der Waals surface area (Å²) in [5, 5.41) is 0. The predicted octanol–water partition coefficient (Wildman–Crippen LogP) is 3.34. The molecule has 1 aromatic heterocycles. The number of anilines is 2. The van der Waals surface area contributed by atoms with Crippen LogP contribution in [-0.2, 0) is 11.2 Å². The Balaban J connectivity index is 1.66. The van der Waals surface area contributed by atoms with E-state index in [9.17, 15) is 9.18 Å². The van der Waals surface area contributed by atoms with Gasteiger partial charge in [-0.05, 0) is 24.8 Å². The van der Waals surface area contributed by atoms with Crippen LogP contribution in [0.5, 0.6) is 0 Å². The Kier molecular flexibility index (Phi) is 5.95. The summed E-state index contributed by atoms with van der Waals surface area (Å²) in [6, 6.07) is 12.6. The number of nitrogens with zero attached hydrogens (tertiary/aromatic N) is 2. The lowest BCUT2D eigenvalue weighted by molar-refractivity contribution is 0.122. The lowest BCUT2D eigenvalue weighted by Crippen LogP contribution is -2.40. The Bertz CT molecular complexity index is 833. The van der Waals surface area contributed by atoms with Crippen LogP contribution in [0.25, 0.3) is 0 Å². The van der Waals surface area contributed by atoms with Crippen LogP contribution in [-0.4, -0.2) is 43.9 Å². The first kappa shape index (κ1) is 19.0. The van der Waals surface area contributed by atoms with Gasteiger partial charge >= 0.3 is 0 Å². The minimum atomic E-state index is -0.694. The van der Waals surface area contributed by atoms with E-state index in [-0.39, 0.29) is 0 Å². The molecule has 2 aliphatic rings. The maximum atomic E-state index is 14.6. The van der Waals surface area contributed by atoms with E-state index in [1.54, 1.807) is 0 Å². The van der Waals surface area contributed by atoms with Gasteiger partial charge in [-0.15, -0.1) is 0 Å². The van der Waals surface area contributed by atoms with Gasteiger partial charge in [0.05, 0.1) is 18.9 Å². The molecule has 5 nitrogen and oxygen atoms in total. The fraction of sp³-hybridized carbons (Fsp3) is 0.500. The summed E-state index contributed by atoms with van der Waals surface area (Å²) in [7, 11) is 0. The van der Waals surface area contributed by atoms with Crippen LogP contribution in [0.3, 0.4) is 0 Å². The van der Waals surface area contributed by atoms with Gasteiger partial charge in [-0.2, -0.15) is 4.39 Å². The molecule has 2 aliphatic heterocycles. The summed E-state index contributed by atoms with van der Waals surface area (Å²) in [5.41, 5.74) is 1.05. The number of halogens is 1. The number of rotatable bonds is 4. The zero-order valence-electron chi connectivity index (χ0n) is 16.2. The van der Waals surface area contributed by atoms with Gasteiger partial charge in [0.1, 0.15) is 5.82 Å². The number of hydrogen-bond acceptors (Lipinski definition) is 4. The van der Waals surface area contributed by atoms with Crippen molar-refractivity contribution in [2.75, 3.05) is 42.6 Å². The Morgan fingerprint density at radius 1 is 1.07 bits per heavy atom. The number of morpholine rings is 1. The highest BCUT2D eigenvalue weighted by molar-refractivity contribution is 5.57. The van der Waals surface area contributed by atoms with Gasteiger partial charge in [0.2, 0.25) is 5.82 Å². The molecule has 0 spiro atoms. The van der Waals surface area contributed by atoms with Crippen LogP contribution in [0.15, 0.2) is 41.2 Å². The molecule has 3 heterocycles. The monoisotopic (exact) mass is 385 g/mol. The Labute approximate surface area is 165 Å². The molecule has 2 aromatic rings. The molecule has 4 rings (SSSR count). The largest absolute Gasteiger partial charge is 0.378 e. The SMILES string of the molecule is O=c1[nH]c(N2CCCCC[C@@H]2Cc2ccccc2)cc(N2CCOCC2)c1F. The smallest absolute Gasteiger partial charge is 0.287 e. The topological polar surface area (TPSA) is 48.6 Å². The summed E-state index contributed by atoms with van der Waals surface area (Å²) in [4.78, 5) is 19.4. The van der Waals surface area contributed by atoms with Gasteiger partial charge < -0.3 is 19.5 Å². The fourth-order valence-corrected chi connectivity index (χ4v) is 4.30. The first-order valence-corrected chi connectivity index (χ1v) is 10.3. The van der Waals surface area contributed by atoms with E-state index in [2.05, 4.69) is 34.1 Å². The van der Waals surface area contributed by atoms with Gasteiger partial charge in [-0.1, -0.05) is 43.2 Å². The number of pyridine rings is 1. The summed E-state index contributed by atoms with van der Waals surface area (Å²) in [6.07, 6.45) is 5.44. The maximum absolute atomic E-state index is 14.6. The molecule has 0 amide bonds. The minimum Gasteiger partial charge on any atom is -0.378 e.